The van der Waals surface area contributed by atoms with E-state index in [1.54, 1.807) is 6.07 Å². The molecule has 2 aliphatic rings. The van der Waals surface area contributed by atoms with Crippen LogP contribution in [0, 0.1) is 13.8 Å². The molecule has 0 radical (unpaired) electrons. The molecule has 8 heteroatoms. The summed E-state index contributed by atoms with van der Waals surface area (Å²) >= 11 is 0. The smallest absolute Gasteiger partial charge is 0.369 e. The summed E-state index contributed by atoms with van der Waals surface area (Å²) < 4.78 is 39.9. The number of rotatable bonds is 6. The fourth-order valence-electron chi connectivity index (χ4n) is 5.71. The SMILES string of the molecule is CNCC1(c2cccc(C(F)(F)F)c2)CCN(C(=O)CN2CCN(c3ccc(C)cc3C)CC2)CC1. The first kappa shape index (κ1) is 26.5. The number of hydrogen-bond acceptors (Lipinski definition) is 4. The van der Waals surface area contributed by atoms with Gasteiger partial charge in [-0.2, -0.15) is 13.2 Å². The van der Waals surface area contributed by atoms with Gasteiger partial charge in [-0.25, -0.2) is 0 Å². The highest BCUT2D eigenvalue weighted by Crippen LogP contribution is 2.38. The standard InChI is InChI=1S/C28H37F3N4O/c1-21-7-8-25(22(2)17-21)34-15-13-33(14-16-34)19-26(36)35-11-9-27(10-12-35,20-32-3)23-5-4-6-24(18-23)28(29,30)31/h4-8,17-18,32H,9-16,19-20H2,1-3H3. The number of carbonyl (C=O) groups excluding carboxylic acids is 1. The molecular weight excluding hydrogens is 465 g/mol. The minimum absolute atomic E-state index is 0.108. The molecule has 2 heterocycles. The van der Waals surface area contributed by atoms with Crippen LogP contribution in [0.4, 0.5) is 18.9 Å². The van der Waals surface area contributed by atoms with Crippen molar-refractivity contribution in [1.82, 2.24) is 15.1 Å². The number of nitrogens with one attached hydrogen (secondary N) is 1. The van der Waals surface area contributed by atoms with E-state index < -0.39 is 17.2 Å². The number of carbonyl (C=O) groups is 1. The van der Waals surface area contributed by atoms with Gasteiger partial charge in [-0.05, 0) is 57.0 Å². The molecule has 0 bridgehead atoms. The van der Waals surface area contributed by atoms with Gasteiger partial charge in [-0.15, -0.1) is 0 Å². The second-order valence-corrected chi connectivity index (χ2v) is 10.3. The molecule has 36 heavy (non-hydrogen) atoms. The number of hydrogen-bond donors (Lipinski definition) is 1. The van der Waals surface area contributed by atoms with Crippen molar-refractivity contribution in [3.05, 3.63) is 64.7 Å². The Morgan fingerprint density at radius 1 is 0.972 bits per heavy atom. The molecule has 2 aromatic rings. The van der Waals surface area contributed by atoms with Gasteiger partial charge in [0.15, 0.2) is 0 Å². The third-order valence-corrected chi connectivity index (χ3v) is 7.81. The van der Waals surface area contributed by atoms with Gasteiger partial charge in [0.05, 0.1) is 12.1 Å². The van der Waals surface area contributed by atoms with Crippen molar-refractivity contribution in [2.75, 3.05) is 64.3 Å². The number of likely N-dealkylation sites (tertiary alicyclic amines) is 1. The molecular formula is C28H37F3N4O. The highest BCUT2D eigenvalue weighted by Gasteiger charge is 2.39. The van der Waals surface area contributed by atoms with Crippen LogP contribution in [0.15, 0.2) is 42.5 Å². The minimum Gasteiger partial charge on any atom is -0.369 e. The summed E-state index contributed by atoms with van der Waals surface area (Å²) in [6, 6.07) is 12.2. The second kappa shape index (κ2) is 10.8. The fourth-order valence-corrected chi connectivity index (χ4v) is 5.71. The van der Waals surface area contributed by atoms with Gasteiger partial charge in [0.1, 0.15) is 0 Å². The Morgan fingerprint density at radius 3 is 2.28 bits per heavy atom. The van der Waals surface area contributed by atoms with Crippen LogP contribution >= 0.6 is 0 Å². The number of halogens is 3. The van der Waals surface area contributed by atoms with Gasteiger partial charge in [0.25, 0.3) is 0 Å². The van der Waals surface area contributed by atoms with E-state index in [1.165, 1.54) is 28.9 Å². The lowest BCUT2D eigenvalue weighted by molar-refractivity contribution is -0.137. The lowest BCUT2D eigenvalue weighted by Gasteiger charge is -2.43. The Morgan fingerprint density at radius 2 is 1.67 bits per heavy atom. The van der Waals surface area contributed by atoms with Gasteiger partial charge in [-0.3, -0.25) is 9.69 Å². The normalized spacial score (nSPS) is 18.9. The summed E-state index contributed by atoms with van der Waals surface area (Å²) in [5.74, 6) is 0.108. The third-order valence-electron chi connectivity index (χ3n) is 7.81. The zero-order valence-electron chi connectivity index (χ0n) is 21.5. The van der Waals surface area contributed by atoms with E-state index in [-0.39, 0.29) is 5.91 Å². The van der Waals surface area contributed by atoms with Crippen molar-refractivity contribution in [3.8, 4) is 0 Å². The molecule has 2 saturated heterocycles. The number of benzene rings is 2. The molecule has 5 nitrogen and oxygen atoms in total. The largest absolute Gasteiger partial charge is 0.416 e. The van der Waals surface area contributed by atoms with E-state index in [2.05, 4.69) is 47.2 Å². The van der Waals surface area contributed by atoms with Gasteiger partial charge in [-0.1, -0.05) is 35.9 Å². The van der Waals surface area contributed by atoms with E-state index in [0.717, 1.165) is 32.2 Å². The number of amides is 1. The first-order valence-corrected chi connectivity index (χ1v) is 12.8. The summed E-state index contributed by atoms with van der Waals surface area (Å²) in [6.45, 7) is 9.77. The predicted molar refractivity (Wildman–Crippen MR) is 137 cm³/mol. The Kier molecular flexibility index (Phi) is 7.95. The number of alkyl halides is 3. The number of piperidine rings is 1. The van der Waals surface area contributed by atoms with Crippen LogP contribution in [0.2, 0.25) is 0 Å². The molecule has 2 fully saturated rings. The maximum Gasteiger partial charge on any atom is 0.416 e. The van der Waals surface area contributed by atoms with Crippen LogP contribution in [0.3, 0.4) is 0 Å². The van der Waals surface area contributed by atoms with Gasteiger partial charge in [0, 0.05) is 56.9 Å². The molecule has 0 saturated carbocycles. The van der Waals surface area contributed by atoms with Crippen molar-refractivity contribution < 1.29 is 18.0 Å². The van der Waals surface area contributed by atoms with Gasteiger partial charge in [0.2, 0.25) is 5.91 Å². The summed E-state index contributed by atoms with van der Waals surface area (Å²) in [6.07, 6.45) is -3.08. The number of aryl methyl sites for hydroxylation is 2. The molecule has 1 amide bonds. The van der Waals surface area contributed by atoms with Crippen molar-refractivity contribution in [2.45, 2.75) is 38.3 Å². The lowest BCUT2D eigenvalue weighted by Crippen LogP contribution is -2.53. The predicted octanol–water partition coefficient (Wildman–Crippen LogP) is 4.22. The molecule has 0 aliphatic carbocycles. The number of nitrogens with zero attached hydrogens (tertiary/aromatic N) is 3. The molecule has 1 N–H and O–H groups in total. The maximum absolute atomic E-state index is 13.3. The molecule has 4 rings (SSSR count). The van der Waals surface area contributed by atoms with Crippen LogP contribution < -0.4 is 10.2 Å². The van der Waals surface area contributed by atoms with Crippen LogP contribution in [-0.2, 0) is 16.4 Å². The second-order valence-electron chi connectivity index (χ2n) is 10.3. The monoisotopic (exact) mass is 502 g/mol. The summed E-state index contributed by atoms with van der Waals surface area (Å²) in [5, 5.41) is 3.17. The van der Waals surface area contributed by atoms with E-state index in [1.807, 2.05) is 11.9 Å². The van der Waals surface area contributed by atoms with Crippen molar-refractivity contribution in [2.24, 2.45) is 0 Å². The van der Waals surface area contributed by atoms with Gasteiger partial charge < -0.3 is 15.1 Å². The first-order chi connectivity index (χ1) is 17.1. The molecule has 2 aromatic carbocycles. The minimum atomic E-state index is -4.37. The Bertz CT molecular complexity index is 1060. The highest BCUT2D eigenvalue weighted by molar-refractivity contribution is 5.78. The zero-order chi connectivity index (χ0) is 25.9. The summed E-state index contributed by atoms with van der Waals surface area (Å²) in [7, 11) is 1.82. The third kappa shape index (κ3) is 5.86. The van der Waals surface area contributed by atoms with Crippen LogP contribution in [0.5, 0.6) is 0 Å². The van der Waals surface area contributed by atoms with Crippen molar-refractivity contribution >= 4 is 11.6 Å². The molecule has 196 valence electrons. The first-order valence-electron chi connectivity index (χ1n) is 12.8. The van der Waals surface area contributed by atoms with Crippen LogP contribution in [-0.4, -0.2) is 75.1 Å². The molecule has 0 aromatic heterocycles. The lowest BCUT2D eigenvalue weighted by atomic mass is 9.72. The van der Waals surface area contributed by atoms with E-state index in [9.17, 15) is 18.0 Å². The Hall–Kier alpha value is -2.58. The topological polar surface area (TPSA) is 38.8 Å². The van der Waals surface area contributed by atoms with E-state index in [4.69, 9.17) is 0 Å². The number of piperazine rings is 1. The summed E-state index contributed by atoms with van der Waals surface area (Å²) in [5.41, 5.74) is 3.46. The Labute approximate surface area is 212 Å². The average Bonchev–Trinajstić information content (AvgIpc) is 2.85. The highest BCUT2D eigenvalue weighted by atomic mass is 19.4. The molecule has 2 aliphatic heterocycles. The fraction of sp³-hybridized carbons (Fsp3) is 0.536. The van der Waals surface area contributed by atoms with Gasteiger partial charge >= 0.3 is 6.18 Å². The Balaban J connectivity index is 1.33. The number of likely N-dealkylation sites (N-methyl/N-ethyl adjacent to an activating group) is 1. The number of anilines is 1. The molecule has 0 atom stereocenters. The summed E-state index contributed by atoms with van der Waals surface area (Å²) in [4.78, 5) is 19.6. The van der Waals surface area contributed by atoms with E-state index >= 15 is 0 Å². The van der Waals surface area contributed by atoms with E-state index in [0.29, 0.717) is 44.6 Å². The quantitative estimate of drug-likeness (QED) is 0.642. The van der Waals surface area contributed by atoms with Crippen LogP contribution in [0.25, 0.3) is 0 Å². The molecule has 0 unspecified atom stereocenters. The average molecular weight is 503 g/mol. The molecule has 0 spiro atoms. The zero-order valence-corrected chi connectivity index (χ0v) is 21.5. The van der Waals surface area contributed by atoms with Crippen molar-refractivity contribution in [1.29, 1.82) is 0 Å². The van der Waals surface area contributed by atoms with Crippen LogP contribution in [0.1, 0.15) is 35.1 Å². The maximum atomic E-state index is 13.3. The van der Waals surface area contributed by atoms with Crippen molar-refractivity contribution in [3.63, 3.8) is 0 Å².